The number of nitrogen functional groups attached to an aromatic ring is 1. The number of aryl methyl sites for hydroxylation is 2. The Morgan fingerprint density at radius 3 is 2.63 bits per heavy atom. The molecular formula is C14H15N3O2. The minimum Gasteiger partial charge on any atom is -0.398 e. The van der Waals surface area contributed by atoms with E-state index >= 15 is 0 Å². The number of rotatable bonds is 2. The second-order valence-corrected chi connectivity index (χ2v) is 4.36. The predicted octanol–water partition coefficient (Wildman–Crippen LogP) is 1.53. The van der Waals surface area contributed by atoms with Gasteiger partial charge in [0, 0.05) is 25.0 Å². The van der Waals surface area contributed by atoms with Gasteiger partial charge in [0.05, 0.1) is 11.3 Å². The Morgan fingerprint density at radius 2 is 2.00 bits per heavy atom. The molecule has 0 unspecified atom stereocenters. The highest BCUT2D eigenvalue weighted by molar-refractivity contribution is 6.08. The average Bonchev–Trinajstić information content (AvgIpc) is 2.33. The SMILES string of the molecule is Cc1cccc(N)c1C(=O)Nc1ccc(=O)n(C)c1. The number of nitrogens with one attached hydrogen (secondary N) is 1. The first-order chi connectivity index (χ1) is 8.99. The van der Waals surface area contributed by atoms with Crippen LogP contribution in [-0.4, -0.2) is 10.5 Å². The second kappa shape index (κ2) is 4.97. The number of benzene rings is 1. The molecule has 2 rings (SSSR count). The summed E-state index contributed by atoms with van der Waals surface area (Å²) in [5, 5.41) is 2.73. The van der Waals surface area contributed by atoms with Crippen molar-refractivity contribution in [3.63, 3.8) is 0 Å². The van der Waals surface area contributed by atoms with E-state index in [4.69, 9.17) is 5.73 Å². The zero-order valence-electron chi connectivity index (χ0n) is 10.8. The molecule has 0 aliphatic carbocycles. The number of nitrogens with zero attached hydrogens (tertiary/aromatic N) is 1. The quantitative estimate of drug-likeness (QED) is 0.801. The van der Waals surface area contributed by atoms with Gasteiger partial charge in [-0.1, -0.05) is 12.1 Å². The number of carbonyl (C=O) groups is 1. The highest BCUT2D eigenvalue weighted by Gasteiger charge is 2.12. The van der Waals surface area contributed by atoms with Gasteiger partial charge in [-0.15, -0.1) is 0 Å². The first kappa shape index (κ1) is 12.9. The Kier molecular flexibility index (Phi) is 3.37. The fourth-order valence-corrected chi connectivity index (χ4v) is 1.86. The molecule has 0 spiro atoms. The molecule has 0 saturated carbocycles. The first-order valence-corrected chi connectivity index (χ1v) is 5.82. The normalized spacial score (nSPS) is 10.2. The smallest absolute Gasteiger partial charge is 0.258 e. The van der Waals surface area contributed by atoms with E-state index < -0.39 is 0 Å². The summed E-state index contributed by atoms with van der Waals surface area (Å²) in [6.07, 6.45) is 1.56. The molecular weight excluding hydrogens is 242 g/mol. The van der Waals surface area contributed by atoms with E-state index in [1.54, 1.807) is 31.4 Å². The molecule has 0 aliphatic heterocycles. The van der Waals surface area contributed by atoms with Gasteiger partial charge in [-0.25, -0.2) is 0 Å². The lowest BCUT2D eigenvalue weighted by atomic mass is 10.1. The number of nitrogens with two attached hydrogens (primary N) is 1. The summed E-state index contributed by atoms with van der Waals surface area (Å²) in [6, 6.07) is 8.27. The fraction of sp³-hybridized carbons (Fsp3) is 0.143. The summed E-state index contributed by atoms with van der Waals surface area (Å²) >= 11 is 0. The molecule has 98 valence electrons. The molecule has 5 nitrogen and oxygen atoms in total. The average molecular weight is 257 g/mol. The highest BCUT2D eigenvalue weighted by atomic mass is 16.1. The van der Waals surface area contributed by atoms with Gasteiger partial charge in [0.15, 0.2) is 0 Å². The predicted molar refractivity (Wildman–Crippen MR) is 75.2 cm³/mol. The van der Waals surface area contributed by atoms with E-state index in [1.165, 1.54) is 10.6 Å². The van der Waals surface area contributed by atoms with E-state index in [0.717, 1.165) is 5.56 Å². The molecule has 0 bridgehead atoms. The molecule has 3 N–H and O–H groups in total. The van der Waals surface area contributed by atoms with Crippen molar-refractivity contribution < 1.29 is 4.79 Å². The number of anilines is 2. The van der Waals surface area contributed by atoms with Crippen LogP contribution >= 0.6 is 0 Å². The van der Waals surface area contributed by atoms with Crippen molar-refractivity contribution in [2.45, 2.75) is 6.92 Å². The Hall–Kier alpha value is -2.56. The summed E-state index contributed by atoms with van der Waals surface area (Å²) in [5.74, 6) is -0.283. The van der Waals surface area contributed by atoms with Crippen LogP contribution in [-0.2, 0) is 7.05 Å². The first-order valence-electron chi connectivity index (χ1n) is 5.82. The van der Waals surface area contributed by atoms with Crippen molar-refractivity contribution in [1.82, 2.24) is 4.57 Å². The molecule has 19 heavy (non-hydrogen) atoms. The summed E-state index contributed by atoms with van der Waals surface area (Å²) < 4.78 is 1.40. The molecule has 1 amide bonds. The highest BCUT2D eigenvalue weighted by Crippen LogP contribution is 2.17. The van der Waals surface area contributed by atoms with Crippen molar-refractivity contribution in [2.75, 3.05) is 11.1 Å². The molecule has 0 saturated heterocycles. The summed E-state index contributed by atoms with van der Waals surface area (Å²) in [7, 11) is 1.63. The third-order valence-corrected chi connectivity index (χ3v) is 2.88. The summed E-state index contributed by atoms with van der Waals surface area (Å²) in [6.45, 7) is 1.83. The number of carbonyl (C=O) groups excluding carboxylic acids is 1. The Balaban J connectivity index is 2.31. The molecule has 5 heteroatoms. The molecule has 1 heterocycles. The largest absolute Gasteiger partial charge is 0.398 e. The van der Waals surface area contributed by atoms with Crippen LogP contribution in [0.25, 0.3) is 0 Å². The standard InChI is InChI=1S/C14H15N3O2/c1-9-4-3-5-11(15)13(9)14(19)16-10-6-7-12(18)17(2)8-10/h3-8H,15H2,1-2H3,(H,16,19). The fourth-order valence-electron chi connectivity index (χ4n) is 1.86. The minimum atomic E-state index is -0.283. The van der Waals surface area contributed by atoms with Gasteiger partial charge in [-0.05, 0) is 24.6 Å². The van der Waals surface area contributed by atoms with E-state index in [1.807, 2.05) is 13.0 Å². The molecule has 2 aromatic rings. The molecule has 0 radical (unpaired) electrons. The zero-order chi connectivity index (χ0) is 14.0. The maximum absolute atomic E-state index is 12.2. The summed E-state index contributed by atoms with van der Waals surface area (Å²) in [5.41, 5.74) is 7.93. The van der Waals surface area contributed by atoms with Crippen molar-refractivity contribution in [2.24, 2.45) is 7.05 Å². The number of amides is 1. The van der Waals surface area contributed by atoms with Gasteiger partial charge in [0.1, 0.15) is 0 Å². The Morgan fingerprint density at radius 1 is 1.26 bits per heavy atom. The molecule has 0 atom stereocenters. The third-order valence-electron chi connectivity index (χ3n) is 2.88. The van der Waals surface area contributed by atoms with Gasteiger partial charge in [-0.2, -0.15) is 0 Å². The van der Waals surface area contributed by atoms with Crippen LogP contribution in [0.4, 0.5) is 11.4 Å². The maximum Gasteiger partial charge on any atom is 0.258 e. The lowest BCUT2D eigenvalue weighted by molar-refractivity contribution is 0.102. The topological polar surface area (TPSA) is 77.1 Å². The lowest BCUT2D eigenvalue weighted by Gasteiger charge is -2.10. The van der Waals surface area contributed by atoms with Gasteiger partial charge < -0.3 is 15.6 Å². The number of hydrogen-bond donors (Lipinski definition) is 2. The Bertz CT molecular complexity index is 669. The van der Waals surface area contributed by atoms with Gasteiger partial charge in [0.2, 0.25) is 5.56 Å². The molecule has 1 aromatic carbocycles. The van der Waals surface area contributed by atoms with Crippen LogP contribution in [0.3, 0.4) is 0 Å². The third kappa shape index (κ3) is 2.65. The van der Waals surface area contributed by atoms with Crippen LogP contribution in [0.15, 0.2) is 41.3 Å². The number of pyridine rings is 1. The zero-order valence-corrected chi connectivity index (χ0v) is 10.8. The summed E-state index contributed by atoms with van der Waals surface area (Å²) in [4.78, 5) is 23.4. The molecule has 0 aliphatic rings. The van der Waals surface area contributed by atoms with Crippen molar-refractivity contribution in [3.8, 4) is 0 Å². The van der Waals surface area contributed by atoms with E-state index in [9.17, 15) is 9.59 Å². The van der Waals surface area contributed by atoms with Gasteiger partial charge >= 0.3 is 0 Å². The van der Waals surface area contributed by atoms with Crippen molar-refractivity contribution >= 4 is 17.3 Å². The van der Waals surface area contributed by atoms with Crippen LogP contribution < -0.4 is 16.6 Å². The lowest BCUT2D eigenvalue weighted by Crippen LogP contribution is -2.19. The minimum absolute atomic E-state index is 0.131. The van der Waals surface area contributed by atoms with Crippen LogP contribution in [0.1, 0.15) is 15.9 Å². The maximum atomic E-state index is 12.2. The number of aromatic nitrogens is 1. The number of hydrogen-bond acceptors (Lipinski definition) is 3. The molecule has 0 fully saturated rings. The van der Waals surface area contributed by atoms with Crippen molar-refractivity contribution in [3.05, 3.63) is 58.0 Å². The Labute approximate surface area is 110 Å². The van der Waals surface area contributed by atoms with E-state index in [0.29, 0.717) is 16.9 Å². The van der Waals surface area contributed by atoms with Gasteiger partial charge in [-0.3, -0.25) is 9.59 Å². The van der Waals surface area contributed by atoms with Crippen LogP contribution in [0.5, 0.6) is 0 Å². The van der Waals surface area contributed by atoms with Crippen LogP contribution in [0, 0.1) is 6.92 Å². The van der Waals surface area contributed by atoms with Crippen molar-refractivity contribution in [1.29, 1.82) is 0 Å². The van der Waals surface area contributed by atoms with Gasteiger partial charge in [0.25, 0.3) is 5.91 Å². The monoisotopic (exact) mass is 257 g/mol. The van der Waals surface area contributed by atoms with E-state index in [2.05, 4.69) is 5.32 Å². The van der Waals surface area contributed by atoms with E-state index in [-0.39, 0.29) is 11.5 Å². The van der Waals surface area contributed by atoms with Crippen LogP contribution in [0.2, 0.25) is 0 Å². The molecule has 1 aromatic heterocycles. The second-order valence-electron chi connectivity index (χ2n) is 4.36.